The number of nitrogens with two attached hydrogens (primary N) is 1. The van der Waals surface area contributed by atoms with E-state index < -0.39 is 47.0 Å². The van der Waals surface area contributed by atoms with E-state index >= 15 is 0 Å². The zero-order valence-corrected chi connectivity index (χ0v) is 12.6. The molecule has 1 aromatic carbocycles. The molecule has 0 saturated heterocycles. The highest BCUT2D eigenvalue weighted by Crippen LogP contribution is 2.14. The van der Waals surface area contributed by atoms with Crippen LogP contribution in [0.4, 0.5) is 5.69 Å². The molecule has 1 aromatic rings. The third kappa shape index (κ3) is 5.21. The minimum absolute atomic E-state index is 0.103. The average Bonchev–Trinajstić information content (AvgIpc) is 2.51. The minimum atomic E-state index is -3.89. The molecular formula is C12H18N2O8S. The smallest absolute Gasteiger partial charge is 0.256 e. The lowest BCUT2D eigenvalue weighted by atomic mass is 10.0. The number of amides is 1. The fraction of sp³-hybridized carbons (Fsp3) is 0.417. The molecule has 130 valence electrons. The molecule has 0 radical (unpaired) electrons. The van der Waals surface area contributed by atoms with E-state index in [-0.39, 0.29) is 10.6 Å². The Morgan fingerprint density at radius 2 is 1.61 bits per heavy atom. The number of aliphatic hydroxyl groups excluding tert-OH is 5. The third-order valence-corrected chi connectivity index (χ3v) is 3.90. The molecular weight excluding hydrogens is 332 g/mol. The first-order chi connectivity index (χ1) is 10.6. The van der Waals surface area contributed by atoms with Crippen molar-refractivity contribution >= 4 is 21.6 Å². The van der Waals surface area contributed by atoms with Crippen LogP contribution in [0.2, 0.25) is 0 Å². The van der Waals surface area contributed by atoms with Crippen molar-refractivity contribution in [2.24, 2.45) is 5.14 Å². The summed E-state index contributed by atoms with van der Waals surface area (Å²) in [6.45, 7) is -0.873. The summed E-state index contributed by atoms with van der Waals surface area (Å²) in [7, 11) is -3.89. The van der Waals surface area contributed by atoms with Gasteiger partial charge in [0.15, 0.2) is 6.10 Å². The summed E-state index contributed by atoms with van der Waals surface area (Å²) < 4.78 is 22.2. The molecule has 4 atom stereocenters. The van der Waals surface area contributed by atoms with Gasteiger partial charge >= 0.3 is 0 Å². The van der Waals surface area contributed by atoms with Crippen molar-refractivity contribution in [2.45, 2.75) is 29.3 Å². The van der Waals surface area contributed by atoms with E-state index in [2.05, 4.69) is 5.32 Å². The quantitative estimate of drug-likeness (QED) is 0.266. The lowest BCUT2D eigenvalue weighted by Gasteiger charge is -2.24. The third-order valence-electron chi connectivity index (χ3n) is 2.97. The summed E-state index contributed by atoms with van der Waals surface area (Å²) >= 11 is 0. The molecule has 0 aromatic heterocycles. The summed E-state index contributed by atoms with van der Waals surface area (Å²) in [5.74, 6) is -1.11. The van der Waals surface area contributed by atoms with Gasteiger partial charge in [-0.15, -0.1) is 0 Å². The second-order valence-electron chi connectivity index (χ2n) is 4.73. The predicted molar refractivity (Wildman–Crippen MR) is 77.6 cm³/mol. The normalized spacial score (nSPS) is 17.1. The largest absolute Gasteiger partial charge is 0.394 e. The molecule has 0 unspecified atom stereocenters. The van der Waals surface area contributed by atoms with E-state index in [1.54, 1.807) is 0 Å². The van der Waals surface area contributed by atoms with Gasteiger partial charge < -0.3 is 30.8 Å². The van der Waals surface area contributed by atoms with Crippen molar-refractivity contribution in [3.8, 4) is 0 Å². The highest BCUT2D eigenvalue weighted by molar-refractivity contribution is 7.89. The zero-order valence-electron chi connectivity index (χ0n) is 11.8. The maximum atomic E-state index is 11.7. The van der Waals surface area contributed by atoms with Crippen molar-refractivity contribution in [3.05, 3.63) is 24.3 Å². The van der Waals surface area contributed by atoms with Crippen LogP contribution in [0.1, 0.15) is 0 Å². The Morgan fingerprint density at radius 1 is 1.09 bits per heavy atom. The Hall–Kier alpha value is -1.60. The van der Waals surface area contributed by atoms with E-state index in [1.807, 2.05) is 0 Å². The van der Waals surface area contributed by atoms with Crippen molar-refractivity contribution in [3.63, 3.8) is 0 Å². The maximum Gasteiger partial charge on any atom is 0.256 e. The van der Waals surface area contributed by atoms with Crippen LogP contribution in [0.3, 0.4) is 0 Å². The second kappa shape index (κ2) is 7.79. The fourth-order valence-electron chi connectivity index (χ4n) is 1.62. The molecule has 8 N–H and O–H groups in total. The molecule has 0 saturated carbocycles. The van der Waals surface area contributed by atoms with Gasteiger partial charge in [-0.25, -0.2) is 13.6 Å². The van der Waals surface area contributed by atoms with E-state index in [0.29, 0.717) is 0 Å². The monoisotopic (exact) mass is 350 g/mol. The summed E-state index contributed by atoms with van der Waals surface area (Å²) in [6.07, 6.45) is -7.81. The first-order valence-corrected chi connectivity index (χ1v) is 7.89. The summed E-state index contributed by atoms with van der Waals surface area (Å²) in [4.78, 5) is 11.5. The topological polar surface area (TPSA) is 190 Å². The molecule has 0 heterocycles. The lowest BCUT2D eigenvalue weighted by Crippen LogP contribution is -2.50. The molecule has 11 heteroatoms. The first kappa shape index (κ1) is 19.4. The summed E-state index contributed by atoms with van der Waals surface area (Å²) in [6, 6.07) is 4.65. The maximum absolute atomic E-state index is 11.7. The highest BCUT2D eigenvalue weighted by Gasteiger charge is 2.34. The van der Waals surface area contributed by atoms with E-state index in [0.717, 1.165) is 12.1 Å². The van der Waals surface area contributed by atoms with Crippen LogP contribution in [0, 0.1) is 0 Å². The van der Waals surface area contributed by atoms with Gasteiger partial charge in [0.2, 0.25) is 10.0 Å². The fourth-order valence-corrected chi connectivity index (χ4v) is 2.14. The Morgan fingerprint density at radius 3 is 2.04 bits per heavy atom. The first-order valence-electron chi connectivity index (χ1n) is 6.34. The number of sulfonamides is 1. The lowest BCUT2D eigenvalue weighted by molar-refractivity contribution is -0.144. The summed E-state index contributed by atoms with van der Waals surface area (Å²) in [5.41, 5.74) is 0.103. The van der Waals surface area contributed by atoms with Gasteiger partial charge in [-0.05, 0) is 24.3 Å². The molecule has 1 amide bonds. The summed E-state index contributed by atoms with van der Waals surface area (Å²) in [5, 5.41) is 53.5. The van der Waals surface area contributed by atoms with Crippen molar-refractivity contribution in [1.29, 1.82) is 0 Å². The number of hydrogen-bond acceptors (Lipinski definition) is 8. The molecule has 0 aliphatic heterocycles. The van der Waals surface area contributed by atoms with Crippen LogP contribution in [-0.2, 0) is 14.8 Å². The van der Waals surface area contributed by atoms with Crippen molar-refractivity contribution in [2.75, 3.05) is 11.9 Å². The van der Waals surface area contributed by atoms with E-state index in [9.17, 15) is 28.5 Å². The molecule has 0 bridgehead atoms. The molecule has 0 aliphatic carbocycles. The predicted octanol–water partition coefficient (Wildman–Crippen LogP) is -3.29. The van der Waals surface area contributed by atoms with Gasteiger partial charge in [0.25, 0.3) is 5.91 Å². The molecule has 0 fully saturated rings. The molecule has 0 aliphatic rings. The van der Waals surface area contributed by atoms with Crippen LogP contribution in [0.5, 0.6) is 0 Å². The zero-order chi connectivity index (χ0) is 17.8. The molecule has 10 nitrogen and oxygen atoms in total. The van der Waals surface area contributed by atoms with Gasteiger partial charge in [0, 0.05) is 5.69 Å². The van der Waals surface area contributed by atoms with E-state index in [1.165, 1.54) is 12.1 Å². The minimum Gasteiger partial charge on any atom is -0.394 e. The van der Waals surface area contributed by atoms with Gasteiger partial charge in [-0.2, -0.15) is 0 Å². The molecule has 1 rings (SSSR count). The number of primary sulfonamides is 1. The standard InChI is InChI=1S/C12H18N2O8S/c13-23(21,22)7-3-1-6(2-4-7)14-12(20)11(19)10(18)9(17)8(16)5-15/h1-4,8-11,15-19H,5H2,(H,14,20)(H2,13,21,22)/t8-,9-,10+,11+/m1/s1. The van der Waals surface area contributed by atoms with Gasteiger partial charge in [-0.3, -0.25) is 4.79 Å². The van der Waals surface area contributed by atoms with Gasteiger partial charge in [0.1, 0.15) is 18.3 Å². The van der Waals surface area contributed by atoms with Gasteiger partial charge in [0.05, 0.1) is 11.5 Å². The number of hydrogen-bond donors (Lipinski definition) is 7. The number of anilines is 1. The Labute approximate surface area is 131 Å². The number of nitrogens with one attached hydrogen (secondary N) is 1. The Kier molecular flexibility index (Phi) is 6.58. The van der Waals surface area contributed by atoms with Crippen molar-refractivity contribution < 1.29 is 38.7 Å². The molecule has 23 heavy (non-hydrogen) atoms. The van der Waals surface area contributed by atoms with Crippen LogP contribution in [-0.4, -0.2) is 70.9 Å². The average molecular weight is 350 g/mol. The van der Waals surface area contributed by atoms with Crippen LogP contribution in [0.15, 0.2) is 29.2 Å². The van der Waals surface area contributed by atoms with Crippen LogP contribution < -0.4 is 10.5 Å². The van der Waals surface area contributed by atoms with Crippen LogP contribution >= 0.6 is 0 Å². The number of aliphatic hydroxyl groups is 5. The number of rotatable bonds is 7. The molecule has 0 spiro atoms. The van der Waals surface area contributed by atoms with Gasteiger partial charge in [-0.1, -0.05) is 0 Å². The van der Waals surface area contributed by atoms with Crippen molar-refractivity contribution in [1.82, 2.24) is 0 Å². The number of carbonyl (C=O) groups excluding carboxylic acids is 1. The number of carbonyl (C=O) groups is 1. The second-order valence-corrected chi connectivity index (χ2v) is 6.30. The Balaban J connectivity index is 2.75. The van der Waals surface area contributed by atoms with E-state index in [4.69, 9.17) is 15.4 Å². The number of benzene rings is 1. The highest BCUT2D eigenvalue weighted by atomic mass is 32.2. The van der Waals surface area contributed by atoms with Crippen LogP contribution in [0.25, 0.3) is 0 Å². The SMILES string of the molecule is NS(=O)(=O)c1ccc(NC(=O)[C@@H](O)[C@@H](O)[C@H](O)[C@H](O)CO)cc1. The Bertz CT molecular complexity index is 633.